The first-order valence-corrected chi connectivity index (χ1v) is 10.00. The molecule has 0 saturated carbocycles. The van der Waals surface area contributed by atoms with E-state index in [9.17, 15) is 4.79 Å². The predicted octanol–water partition coefficient (Wildman–Crippen LogP) is 4.56. The van der Waals surface area contributed by atoms with Crippen molar-refractivity contribution in [2.24, 2.45) is 5.41 Å². The zero-order chi connectivity index (χ0) is 13.8. The van der Waals surface area contributed by atoms with Gasteiger partial charge in [-0.3, -0.25) is 0 Å². The Balaban J connectivity index is 2.68. The smallest absolute Gasteiger partial charge is 0.124 e. The van der Waals surface area contributed by atoms with Crippen molar-refractivity contribution < 1.29 is 4.79 Å². The molecule has 1 rings (SSSR count). The van der Waals surface area contributed by atoms with Crippen LogP contribution in [0.15, 0.2) is 36.4 Å². The first-order chi connectivity index (χ1) is 8.23. The van der Waals surface area contributed by atoms with Crippen molar-refractivity contribution in [3.63, 3.8) is 0 Å². The van der Waals surface area contributed by atoms with Gasteiger partial charge in [0, 0.05) is 5.41 Å². The monoisotopic (exact) mass is 260 g/mol. The van der Waals surface area contributed by atoms with Gasteiger partial charge in [0.2, 0.25) is 0 Å². The summed E-state index contributed by atoms with van der Waals surface area (Å²) < 4.78 is 0. The van der Waals surface area contributed by atoms with Crippen LogP contribution in [0.25, 0.3) is 6.08 Å². The fourth-order valence-electron chi connectivity index (χ4n) is 2.16. The summed E-state index contributed by atoms with van der Waals surface area (Å²) in [5, 5.41) is 0.452. The van der Waals surface area contributed by atoms with Crippen molar-refractivity contribution in [3.05, 3.63) is 42.0 Å². The van der Waals surface area contributed by atoms with Crippen molar-refractivity contribution in [1.29, 1.82) is 0 Å². The molecule has 0 heterocycles. The molecule has 0 amide bonds. The van der Waals surface area contributed by atoms with Crippen LogP contribution in [-0.4, -0.2) is 13.5 Å². The summed E-state index contributed by atoms with van der Waals surface area (Å²) in [5.41, 5.74) is 0.948. The lowest BCUT2D eigenvalue weighted by Crippen LogP contribution is -2.43. The predicted molar refractivity (Wildman–Crippen MR) is 82.2 cm³/mol. The van der Waals surface area contributed by atoms with Gasteiger partial charge in [0.25, 0.3) is 0 Å². The number of carbonyl (C=O) groups excluding carboxylic acids is 1. The normalized spacial score (nSPS) is 12.9. The maximum atomic E-state index is 12.4. The SMILES string of the molecule is CC(C)(C/C=C/c1ccccc1)C(=O)[Si](C)(C)C. The van der Waals surface area contributed by atoms with Gasteiger partial charge in [0.15, 0.2) is 0 Å². The third-order valence-corrected chi connectivity index (χ3v) is 5.07. The van der Waals surface area contributed by atoms with E-state index in [4.69, 9.17) is 0 Å². The Morgan fingerprint density at radius 1 is 1.17 bits per heavy atom. The molecular formula is C16H24OSi. The highest BCUT2D eigenvalue weighted by Gasteiger charge is 2.36. The molecule has 0 radical (unpaired) electrons. The molecule has 0 saturated heterocycles. The molecule has 1 nitrogen and oxygen atoms in total. The summed E-state index contributed by atoms with van der Waals surface area (Å²) in [5.74, 6) is 0. The Kier molecular flexibility index (Phi) is 4.69. The van der Waals surface area contributed by atoms with Gasteiger partial charge in [-0.25, -0.2) is 0 Å². The third kappa shape index (κ3) is 4.26. The van der Waals surface area contributed by atoms with Crippen LogP contribution in [0.1, 0.15) is 25.8 Å². The number of hydrogen-bond donors (Lipinski definition) is 0. The van der Waals surface area contributed by atoms with E-state index in [1.54, 1.807) is 0 Å². The Labute approximate surface area is 112 Å². The Bertz CT molecular complexity index is 424. The van der Waals surface area contributed by atoms with Crippen molar-refractivity contribution in [3.8, 4) is 0 Å². The summed E-state index contributed by atoms with van der Waals surface area (Å²) >= 11 is 0. The molecule has 0 atom stereocenters. The van der Waals surface area contributed by atoms with Gasteiger partial charge in [-0.2, -0.15) is 0 Å². The minimum atomic E-state index is -1.70. The molecule has 18 heavy (non-hydrogen) atoms. The van der Waals surface area contributed by atoms with Crippen molar-refractivity contribution in [2.45, 2.75) is 39.9 Å². The molecule has 0 bridgehead atoms. The van der Waals surface area contributed by atoms with Crippen molar-refractivity contribution in [2.75, 3.05) is 0 Å². The van der Waals surface area contributed by atoms with E-state index in [1.165, 1.54) is 5.56 Å². The Hall–Kier alpha value is -1.15. The average molecular weight is 260 g/mol. The average Bonchev–Trinajstić information content (AvgIpc) is 2.28. The van der Waals surface area contributed by atoms with E-state index in [0.29, 0.717) is 5.41 Å². The van der Waals surface area contributed by atoms with Crippen molar-refractivity contribution >= 4 is 19.6 Å². The second-order valence-electron chi connectivity index (χ2n) is 6.48. The summed E-state index contributed by atoms with van der Waals surface area (Å²) in [6.45, 7) is 10.5. The molecule has 0 fully saturated rings. The minimum Gasteiger partial charge on any atom is -0.305 e. The first-order valence-electron chi connectivity index (χ1n) is 6.50. The highest BCUT2D eigenvalue weighted by atomic mass is 28.3. The largest absolute Gasteiger partial charge is 0.305 e. The molecule has 1 aromatic carbocycles. The molecule has 0 aliphatic heterocycles. The molecule has 98 valence electrons. The standard InChI is InChI=1S/C16H24OSi/c1-16(2,15(17)18(3,4)5)13-9-12-14-10-7-6-8-11-14/h6-12H,13H2,1-5H3/b12-9+. The molecular weight excluding hydrogens is 236 g/mol. The number of carbonyl (C=O) groups is 1. The van der Waals surface area contributed by atoms with E-state index in [-0.39, 0.29) is 5.41 Å². The van der Waals surface area contributed by atoms with Gasteiger partial charge < -0.3 is 4.79 Å². The molecule has 0 spiro atoms. The second kappa shape index (κ2) is 5.66. The van der Waals surface area contributed by atoms with E-state index >= 15 is 0 Å². The summed E-state index contributed by atoms with van der Waals surface area (Å²) in [6.07, 6.45) is 5.03. The van der Waals surface area contributed by atoms with Gasteiger partial charge in [-0.05, 0) is 12.0 Å². The van der Waals surface area contributed by atoms with E-state index in [1.807, 2.05) is 18.2 Å². The Morgan fingerprint density at radius 2 is 1.72 bits per heavy atom. The van der Waals surface area contributed by atoms with Crippen LogP contribution in [0.3, 0.4) is 0 Å². The van der Waals surface area contributed by atoms with E-state index in [0.717, 1.165) is 6.42 Å². The molecule has 0 aliphatic rings. The zero-order valence-electron chi connectivity index (χ0n) is 12.2. The first kappa shape index (κ1) is 14.9. The second-order valence-corrected chi connectivity index (χ2v) is 11.4. The van der Waals surface area contributed by atoms with Gasteiger partial charge >= 0.3 is 0 Å². The number of hydrogen-bond acceptors (Lipinski definition) is 1. The fourth-order valence-corrected chi connectivity index (χ4v) is 4.29. The van der Waals surface area contributed by atoms with E-state index in [2.05, 4.69) is 57.8 Å². The molecule has 0 aromatic heterocycles. The summed E-state index contributed by atoms with van der Waals surface area (Å²) in [7, 11) is -1.70. The van der Waals surface area contributed by atoms with Crippen LogP contribution in [0, 0.1) is 5.41 Å². The third-order valence-electron chi connectivity index (χ3n) is 3.03. The topological polar surface area (TPSA) is 17.1 Å². The minimum absolute atomic E-state index is 0.240. The van der Waals surface area contributed by atoms with Gasteiger partial charge in [0.05, 0.1) is 0 Å². The summed E-state index contributed by atoms with van der Waals surface area (Å²) in [4.78, 5) is 12.4. The zero-order valence-corrected chi connectivity index (χ0v) is 13.2. The van der Waals surface area contributed by atoms with Crippen LogP contribution in [0.4, 0.5) is 0 Å². The number of rotatable bonds is 5. The Morgan fingerprint density at radius 3 is 2.22 bits per heavy atom. The lowest BCUT2D eigenvalue weighted by Gasteiger charge is -2.28. The van der Waals surface area contributed by atoms with Crippen LogP contribution in [0.2, 0.25) is 19.6 Å². The van der Waals surface area contributed by atoms with Gasteiger partial charge in [0.1, 0.15) is 13.5 Å². The van der Waals surface area contributed by atoms with Crippen LogP contribution >= 0.6 is 0 Å². The summed E-state index contributed by atoms with van der Waals surface area (Å²) in [6, 6.07) is 10.2. The molecule has 0 unspecified atom stereocenters. The van der Waals surface area contributed by atoms with Gasteiger partial charge in [-0.1, -0.05) is 76.0 Å². The van der Waals surface area contributed by atoms with Crippen molar-refractivity contribution in [1.82, 2.24) is 0 Å². The molecule has 2 heteroatoms. The van der Waals surface area contributed by atoms with Crippen LogP contribution in [0.5, 0.6) is 0 Å². The lowest BCUT2D eigenvalue weighted by molar-refractivity contribution is -0.119. The van der Waals surface area contributed by atoms with E-state index < -0.39 is 8.07 Å². The van der Waals surface area contributed by atoms with Crippen LogP contribution < -0.4 is 0 Å². The van der Waals surface area contributed by atoms with Gasteiger partial charge in [-0.15, -0.1) is 0 Å². The quantitative estimate of drug-likeness (QED) is 0.709. The molecule has 0 N–H and O–H groups in total. The maximum Gasteiger partial charge on any atom is 0.124 e. The fraction of sp³-hybridized carbons (Fsp3) is 0.438. The maximum absolute atomic E-state index is 12.4. The number of allylic oxidation sites excluding steroid dienone is 1. The van der Waals surface area contributed by atoms with Crippen LogP contribution in [-0.2, 0) is 4.79 Å². The highest BCUT2D eigenvalue weighted by molar-refractivity contribution is 7.03. The number of benzene rings is 1. The molecule has 1 aromatic rings. The highest BCUT2D eigenvalue weighted by Crippen LogP contribution is 2.27. The molecule has 0 aliphatic carbocycles. The lowest BCUT2D eigenvalue weighted by atomic mass is 9.90.